The largest absolute Gasteiger partial charge is 0.290 e. The Morgan fingerprint density at radius 1 is 1.10 bits per heavy atom. The lowest BCUT2D eigenvalue weighted by molar-refractivity contribution is -0.113. The normalized spacial score (nSPS) is 9.80. The van der Waals surface area contributed by atoms with Gasteiger partial charge in [0, 0.05) is 0 Å². The first-order valence-corrected chi connectivity index (χ1v) is 4.00. The van der Waals surface area contributed by atoms with E-state index in [1.165, 1.54) is 0 Å². The first kappa shape index (κ1) is 10.9. The fraction of sp³-hybridized carbons (Fsp3) is 0.250. The molecule has 0 spiro atoms. The van der Waals surface area contributed by atoms with Gasteiger partial charge in [-0.05, 0) is 0 Å². The monoisotopic (exact) mass is 240 g/mol. The summed E-state index contributed by atoms with van der Waals surface area (Å²) in [4.78, 5) is 9.44. The molecule has 0 unspecified atom stereocenters. The number of carbonyl (C=O) groups excluding carboxylic acids is 1. The number of ketones is 1. The van der Waals surface area contributed by atoms with E-state index in [-0.39, 0.29) is 9.52 Å². The molecule has 0 aliphatic carbocycles. The van der Waals surface area contributed by atoms with Gasteiger partial charge in [-0.1, -0.05) is 58.0 Å². The molecule has 0 saturated heterocycles. The van der Waals surface area contributed by atoms with Crippen molar-refractivity contribution in [3.05, 3.63) is 9.52 Å². The second kappa shape index (κ2) is 4.68. The van der Waals surface area contributed by atoms with Crippen LogP contribution in [-0.2, 0) is 4.79 Å². The number of carbonyl (C=O) groups is 1. The predicted molar refractivity (Wildman–Crippen MR) is 45.1 cm³/mol. The highest BCUT2D eigenvalue weighted by Gasteiger charge is 2.17. The molecule has 1 nitrogen and oxygen atoms in total. The molecule has 0 aromatic carbocycles. The third-order valence-electron chi connectivity index (χ3n) is 0.580. The molecule has 0 aliphatic heterocycles. The lowest BCUT2D eigenvalue weighted by Crippen LogP contribution is -2.07. The third-order valence-corrected chi connectivity index (χ3v) is 1.92. The molecule has 0 aromatic rings. The SMILES string of the molecule is O=C(C(Cl)=C(Cl)Cl)C(Cl)Cl. The van der Waals surface area contributed by atoms with Gasteiger partial charge in [-0.3, -0.25) is 4.79 Å². The highest BCUT2D eigenvalue weighted by molar-refractivity contribution is 6.66. The summed E-state index contributed by atoms with van der Waals surface area (Å²) in [7, 11) is 0. The Labute approximate surface area is 82.8 Å². The molecule has 58 valence electrons. The fourth-order valence-corrected chi connectivity index (χ4v) is 0.814. The highest BCUT2D eigenvalue weighted by atomic mass is 35.5. The minimum absolute atomic E-state index is 0.335. The molecule has 0 atom stereocenters. The maximum atomic E-state index is 10.7. The van der Waals surface area contributed by atoms with Gasteiger partial charge in [-0.25, -0.2) is 0 Å². The highest BCUT2D eigenvalue weighted by Crippen LogP contribution is 2.22. The molecule has 0 N–H and O–H groups in total. The summed E-state index contributed by atoms with van der Waals surface area (Å²) in [6.07, 6.45) is 0. The Morgan fingerprint density at radius 3 is 1.60 bits per heavy atom. The molecule has 0 aliphatic rings. The Morgan fingerprint density at radius 2 is 1.50 bits per heavy atom. The lowest BCUT2D eigenvalue weighted by atomic mass is 10.4. The van der Waals surface area contributed by atoms with Crippen LogP contribution in [-0.4, -0.2) is 10.6 Å². The van der Waals surface area contributed by atoms with E-state index in [0.717, 1.165) is 0 Å². The number of alkyl halides is 2. The number of halogens is 5. The standard InChI is InChI=1S/C4HCl5O/c5-1(3(6)7)2(10)4(8)9/h4H. The van der Waals surface area contributed by atoms with E-state index >= 15 is 0 Å². The van der Waals surface area contributed by atoms with Crippen molar-refractivity contribution in [3.8, 4) is 0 Å². The minimum Gasteiger partial charge on any atom is -0.290 e. The van der Waals surface area contributed by atoms with Crippen molar-refractivity contribution >= 4 is 63.8 Å². The van der Waals surface area contributed by atoms with E-state index in [1.54, 1.807) is 0 Å². The summed E-state index contributed by atoms with van der Waals surface area (Å²) < 4.78 is -0.335. The van der Waals surface area contributed by atoms with Crippen molar-refractivity contribution in [2.45, 2.75) is 4.84 Å². The van der Waals surface area contributed by atoms with Gasteiger partial charge in [0.2, 0.25) is 5.78 Å². The van der Waals surface area contributed by atoms with Crippen molar-refractivity contribution in [2.24, 2.45) is 0 Å². The van der Waals surface area contributed by atoms with E-state index in [9.17, 15) is 4.79 Å². The van der Waals surface area contributed by atoms with Crippen LogP contribution in [0.2, 0.25) is 0 Å². The molecular formula is C4HCl5O. The van der Waals surface area contributed by atoms with E-state index in [4.69, 9.17) is 58.0 Å². The smallest absolute Gasteiger partial charge is 0.209 e. The van der Waals surface area contributed by atoms with Crippen molar-refractivity contribution in [2.75, 3.05) is 0 Å². The zero-order valence-electron chi connectivity index (χ0n) is 4.38. The van der Waals surface area contributed by atoms with E-state index in [2.05, 4.69) is 0 Å². The van der Waals surface area contributed by atoms with Crippen LogP contribution < -0.4 is 0 Å². The topological polar surface area (TPSA) is 17.1 Å². The first-order valence-electron chi connectivity index (χ1n) is 2.00. The Kier molecular flexibility index (Phi) is 5.08. The van der Waals surface area contributed by atoms with Crippen LogP contribution in [0, 0.1) is 0 Å². The number of rotatable bonds is 2. The molecule has 0 heterocycles. The van der Waals surface area contributed by atoms with Crippen LogP contribution in [0.3, 0.4) is 0 Å². The molecular weight excluding hydrogens is 241 g/mol. The average Bonchev–Trinajstić information content (AvgIpc) is 1.84. The van der Waals surface area contributed by atoms with Gasteiger partial charge in [0.05, 0.1) is 0 Å². The molecule has 0 bridgehead atoms. The summed E-state index contributed by atoms with van der Waals surface area (Å²) in [5.74, 6) is -0.704. The second-order valence-corrected chi connectivity index (χ2v) is 3.66. The van der Waals surface area contributed by atoms with E-state index in [1.807, 2.05) is 0 Å². The zero-order valence-corrected chi connectivity index (χ0v) is 8.16. The third kappa shape index (κ3) is 3.31. The van der Waals surface area contributed by atoms with Gasteiger partial charge in [0.15, 0.2) is 4.84 Å². The molecule has 0 aromatic heterocycles. The van der Waals surface area contributed by atoms with Gasteiger partial charge < -0.3 is 0 Å². The second-order valence-electron chi connectivity index (χ2n) is 1.24. The number of Topliss-reactive ketones (excluding diaryl/α,β-unsaturated/α-hetero) is 1. The van der Waals surface area contributed by atoms with Crippen LogP contribution in [0.15, 0.2) is 9.52 Å². The summed E-state index contributed by atoms with van der Waals surface area (Å²) in [6, 6.07) is 0. The summed E-state index contributed by atoms with van der Waals surface area (Å²) in [5.41, 5.74) is 0. The minimum atomic E-state index is -1.22. The Hall–Kier alpha value is 0.860. The predicted octanol–water partition coefficient (Wildman–Crippen LogP) is 3.24. The molecule has 0 rings (SSSR count). The molecule has 6 heteroatoms. The Bertz CT molecular complexity index is 168. The lowest BCUT2D eigenvalue weighted by Gasteiger charge is -1.96. The van der Waals surface area contributed by atoms with Crippen molar-refractivity contribution in [1.29, 1.82) is 0 Å². The van der Waals surface area contributed by atoms with Crippen molar-refractivity contribution < 1.29 is 4.79 Å². The fourth-order valence-electron chi connectivity index (χ4n) is 0.189. The maximum Gasteiger partial charge on any atom is 0.209 e. The average molecular weight is 242 g/mol. The maximum absolute atomic E-state index is 10.7. The van der Waals surface area contributed by atoms with Crippen molar-refractivity contribution in [1.82, 2.24) is 0 Å². The van der Waals surface area contributed by atoms with E-state index < -0.39 is 10.6 Å². The quantitative estimate of drug-likeness (QED) is 0.536. The van der Waals surface area contributed by atoms with Crippen LogP contribution in [0.4, 0.5) is 0 Å². The number of hydrogen-bond acceptors (Lipinski definition) is 1. The van der Waals surface area contributed by atoms with Crippen molar-refractivity contribution in [3.63, 3.8) is 0 Å². The molecule has 0 fully saturated rings. The summed E-state index contributed by atoms with van der Waals surface area (Å²) >= 11 is 25.8. The zero-order chi connectivity index (χ0) is 8.31. The van der Waals surface area contributed by atoms with E-state index in [0.29, 0.717) is 0 Å². The van der Waals surface area contributed by atoms with Crippen LogP contribution in [0.25, 0.3) is 0 Å². The van der Waals surface area contributed by atoms with Gasteiger partial charge in [0.25, 0.3) is 0 Å². The number of hydrogen-bond donors (Lipinski definition) is 0. The molecule has 0 amide bonds. The Balaban J connectivity index is 4.38. The number of allylic oxidation sites excluding steroid dienone is 1. The van der Waals surface area contributed by atoms with Gasteiger partial charge >= 0.3 is 0 Å². The van der Waals surface area contributed by atoms with Gasteiger partial charge in [-0.2, -0.15) is 0 Å². The molecule has 0 radical (unpaired) electrons. The van der Waals surface area contributed by atoms with Crippen LogP contribution >= 0.6 is 58.0 Å². The van der Waals surface area contributed by atoms with Gasteiger partial charge in [0.1, 0.15) is 9.52 Å². The van der Waals surface area contributed by atoms with Crippen LogP contribution in [0.5, 0.6) is 0 Å². The van der Waals surface area contributed by atoms with Gasteiger partial charge in [-0.15, -0.1) is 0 Å². The summed E-state index contributed by atoms with van der Waals surface area (Å²) in [5, 5.41) is -0.349. The molecule has 10 heavy (non-hydrogen) atoms. The first-order chi connectivity index (χ1) is 4.46. The summed E-state index contributed by atoms with van der Waals surface area (Å²) in [6.45, 7) is 0. The van der Waals surface area contributed by atoms with Crippen LogP contribution in [0.1, 0.15) is 0 Å². The molecule has 0 saturated carbocycles.